The number of rotatable bonds is 7. The molecule has 0 N–H and O–H groups in total. The number of benzene rings is 2. The molecule has 0 aliphatic carbocycles. The molecular formula is C27H26N2O5S. The third kappa shape index (κ3) is 4.83. The van der Waals surface area contributed by atoms with Crippen LogP contribution >= 0.6 is 11.3 Å². The second kappa shape index (κ2) is 10.6. The number of nitrogens with zero attached hydrogens (tertiary/aromatic N) is 2. The molecule has 1 aromatic heterocycles. The van der Waals surface area contributed by atoms with Crippen LogP contribution in [0.25, 0.3) is 12.2 Å². The predicted octanol–water partition coefficient (Wildman–Crippen LogP) is 3.48. The number of methoxy groups -OCH3 is 2. The third-order valence-electron chi connectivity index (χ3n) is 5.55. The molecule has 1 unspecified atom stereocenters. The number of thiazole rings is 1. The number of hydrogen-bond donors (Lipinski definition) is 0. The molecule has 0 saturated heterocycles. The molecule has 0 spiro atoms. The van der Waals surface area contributed by atoms with E-state index in [0.717, 1.165) is 5.56 Å². The van der Waals surface area contributed by atoms with E-state index in [1.807, 2.05) is 54.6 Å². The van der Waals surface area contributed by atoms with Gasteiger partial charge in [0.15, 0.2) is 16.3 Å². The Bertz CT molecular complexity index is 1480. The Morgan fingerprint density at radius 3 is 2.57 bits per heavy atom. The summed E-state index contributed by atoms with van der Waals surface area (Å²) < 4.78 is 18.2. The van der Waals surface area contributed by atoms with E-state index < -0.39 is 12.0 Å². The maximum absolute atomic E-state index is 13.6. The lowest BCUT2D eigenvalue weighted by Gasteiger charge is -2.21. The summed E-state index contributed by atoms with van der Waals surface area (Å²) in [4.78, 5) is 31.6. The Morgan fingerprint density at radius 1 is 1.11 bits per heavy atom. The lowest BCUT2D eigenvalue weighted by atomic mass is 10.0. The highest BCUT2D eigenvalue weighted by atomic mass is 32.1. The Kier molecular flexibility index (Phi) is 7.31. The van der Waals surface area contributed by atoms with Gasteiger partial charge in [0, 0.05) is 5.56 Å². The van der Waals surface area contributed by atoms with Crippen LogP contribution < -0.4 is 24.4 Å². The lowest BCUT2D eigenvalue weighted by Crippen LogP contribution is -2.38. The molecule has 7 nitrogen and oxygen atoms in total. The minimum Gasteiger partial charge on any atom is -0.493 e. The van der Waals surface area contributed by atoms with Gasteiger partial charge in [-0.25, -0.2) is 9.79 Å². The lowest BCUT2D eigenvalue weighted by molar-refractivity contribution is -0.139. The molecule has 0 saturated carbocycles. The normalized spacial score (nSPS) is 15.7. The number of para-hydroxylation sites is 1. The molecule has 2 aromatic carbocycles. The van der Waals surface area contributed by atoms with Crippen LogP contribution in [-0.4, -0.2) is 31.4 Å². The molecule has 0 amide bonds. The van der Waals surface area contributed by atoms with Crippen LogP contribution in [0.15, 0.2) is 75.7 Å². The van der Waals surface area contributed by atoms with Crippen molar-refractivity contribution in [2.75, 3.05) is 20.8 Å². The van der Waals surface area contributed by atoms with Gasteiger partial charge in [-0.3, -0.25) is 9.36 Å². The molecule has 1 aliphatic heterocycles. The van der Waals surface area contributed by atoms with Crippen molar-refractivity contribution in [3.05, 3.63) is 96.7 Å². The van der Waals surface area contributed by atoms with Crippen molar-refractivity contribution in [3.63, 3.8) is 0 Å². The molecule has 0 bridgehead atoms. The number of hydrogen-bond acceptors (Lipinski definition) is 7. The molecule has 180 valence electrons. The summed E-state index contributed by atoms with van der Waals surface area (Å²) >= 11 is 1.26. The van der Waals surface area contributed by atoms with Crippen LogP contribution in [0.4, 0.5) is 0 Å². The third-order valence-corrected chi connectivity index (χ3v) is 6.53. The summed E-state index contributed by atoms with van der Waals surface area (Å²) in [5.74, 6) is 0.614. The molecule has 0 radical (unpaired) electrons. The topological polar surface area (TPSA) is 79.1 Å². The molecule has 35 heavy (non-hydrogen) atoms. The fraction of sp³-hybridized carbons (Fsp3) is 0.222. The van der Waals surface area contributed by atoms with Crippen molar-refractivity contribution in [1.29, 1.82) is 0 Å². The first-order valence-electron chi connectivity index (χ1n) is 11.1. The van der Waals surface area contributed by atoms with Gasteiger partial charge in [0.2, 0.25) is 0 Å². The molecular weight excluding hydrogens is 464 g/mol. The van der Waals surface area contributed by atoms with Crippen molar-refractivity contribution in [3.8, 4) is 11.5 Å². The SMILES string of the molecule is CCOC(=O)C1=C(C)N=c2s/c(=C\c3cccc(OC)c3OC)c(=O)n2C1/C=C/c1ccccc1. The van der Waals surface area contributed by atoms with Gasteiger partial charge in [0.25, 0.3) is 5.56 Å². The van der Waals surface area contributed by atoms with Crippen LogP contribution in [0, 0.1) is 0 Å². The van der Waals surface area contributed by atoms with Crippen molar-refractivity contribution in [2.24, 2.45) is 4.99 Å². The second-order valence-corrected chi connectivity index (χ2v) is 8.71. The fourth-order valence-corrected chi connectivity index (χ4v) is 5.00. The zero-order valence-electron chi connectivity index (χ0n) is 20.0. The summed E-state index contributed by atoms with van der Waals surface area (Å²) in [7, 11) is 3.12. The van der Waals surface area contributed by atoms with Crippen LogP contribution in [-0.2, 0) is 9.53 Å². The van der Waals surface area contributed by atoms with E-state index in [2.05, 4.69) is 4.99 Å². The van der Waals surface area contributed by atoms with E-state index in [4.69, 9.17) is 14.2 Å². The molecule has 3 aromatic rings. The largest absolute Gasteiger partial charge is 0.493 e. The first-order valence-corrected chi connectivity index (χ1v) is 11.9. The van der Waals surface area contributed by atoms with E-state index >= 15 is 0 Å². The monoisotopic (exact) mass is 490 g/mol. The van der Waals surface area contributed by atoms with E-state index in [-0.39, 0.29) is 12.2 Å². The van der Waals surface area contributed by atoms with Crippen molar-refractivity contribution in [2.45, 2.75) is 19.9 Å². The van der Waals surface area contributed by atoms with Crippen LogP contribution in [0.2, 0.25) is 0 Å². The Balaban J connectivity index is 1.90. The molecule has 4 rings (SSSR count). The van der Waals surface area contributed by atoms with E-state index in [0.29, 0.717) is 37.7 Å². The van der Waals surface area contributed by atoms with Crippen LogP contribution in [0.5, 0.6) is 11.5 Å². The maximum Gasteiger partial charge on any atom is 0.338 e. The molecule has 2 heterocycles. The number of carbonyl (C=O) groups is 1. The fourth-order valence-electron chi connectivity index (χ4n) is 3.95. The predicted molar refractivity (Wildman–Crippen MR) is 136 cm³/mol. The molecule has 8 heteroatoms. The number of ether oxygens (including phenoxy) is 3. The number of aromatic nitrogens is 1. The first-order chi connectivity index (χ1) is 17.0. The molecule has 1 aliphatic rings. The minimum absolute atomic E-state index is 0.227. The molecule has 1 atom stereocenters. The van der Waals surface area contributed by atoms with Gasteiger partial charge >= 0.3 is 5.97 Å². The second-order valence-electron chi connectivity index (χ2n) is 7.70. The maximum atomic E-state index is 13.6. The highest BCUT2D eigenvalue weighted by molar-refractivity contribution is 7.07. The van der Waals surface area contributed by atoms with Gasteiger partial charge in [0.05, 0.1) is 42.7 Å². The van der Waals surface area contributed by atoms with Crippen molar-refractivity contribution >= 4 is 29.5 Å². The average Bonchev–Trinajstić information content (AvgIpc) is 3.17. The first kappa shape index (κ1) is 24.2. The number of carbonyl (C=O) groups excluding carboxylic acids is 1. The van der Waals surface area contributed by atoms with Crippen LogP contribution in [0.1, 0.15) is 31.0 Å². The van der Waals surface area contributed by atoms with Gasteiger partial charge in [-0.05, 0) is 31.6 Å². The highest BCUT2D eigenvalue weighted by Gasteiger charge is 2.30. The number of allylic oxidation sites excluding steroid dienone is 2. The van der Waals surface area contributed by atoms with Gasteiger partial charge < -0.3 is 14.2 Å². The van der Waals surface area contributed by atoms with Crippen molar-refractivity contribution < 1.29 is 19.0 Å². The zero-order chi connectivity index (χ0) is 24.9. The van der Waals surface area contributed by atoms with E-state index in [9.17, 15) is 9.59 Å². The Hall–Kier alpha value is -3.91. The van der Waals surface area contributed by atoms with E-state index in [1.165, 1.54) is 11.3 Å². The number of esters is 1. The average molecular weight is 491 g/mol. The minimum atomic E-state index is -0.653. The summed E-state index contributed by atoms with van der Waals surface area (Å²) in [6.45, 7) is 3.74. The zero-order valence-corrected chi connectivity index (χ0v) is 20.8. The van der Waals surface area contributed by atoms with E-state index in [1.54, 1.807) is 44.8 Å². The van der Waals surface area contributed by atoms with Gasteiger partial charge in [-0.15, -0.1) is 0 Å². The highest BCUT2D eigenvalue weighted by Crippen LogP contribution is 2.31. The molecule has 0 fully saturated rings. The van der Waals surface area contributed by atoms with Crippen molar-refractivity contribution in [1.82, 2.24) is 4.57 Å². The van der Waals surface area contributed by atoms with Gasteiger partial charge in [-0.2, -0.15) is 0 Å². The smallest absolute Gasteiger partial charge is 0.338 e. The standard InChI is InChI=1S/C27H26N2O5S/c1-5-34-26(31)23-17(2)28-27-29(20(23)15-14-18-10-7-6-8-11-18)25(30)22(35-27)16-19-12-9-13-21(32-3)24(19)33-4/h6-16,20H,5H2,1-4H3/b15-14+,22-16-. The van der Waals surface area contributed by atoms with Gasteiger partial charge in [0.1, 0.15) is 0 Å². The van der Waals surface area contributed by atoms with Gasteiger partial charge in [-0.1, -0.05) is 66.0 Å². The Labute approximate surface area is 206 Å². The summed E-state index contributed by atoms with van der Waals surface area (Å²) in [5.41, 5.74) is 2.27. The number of fused-ring (bicyclic) bond motifs is 1. The summed E-state index contributed by atoms with van der Waals surface area (Å²) in [6.07, 6.45) is 5.49. The Morgan fingerprint density at radius 2 is 1.89 bits per heavy atom. The quantitative estimate of drug-likeness (QED) is 0.474. The summed E-state index contributed by atoms with van der Waals surface area (Å²) in [6, 6.07) is 14.5. The van der Waals surface area contributed by atoms with Crippen LogP contribution in [0.3, 0.4) is 0 Å². The summed E-state index contributed by atoms with van der Waals surface area (Å²) in [5, 5.41) is 0.